The molecule has 0 aliphatic heterocycles. The van der Waals surface area contributed by atoms with Gasteiger partial charge < -0.3 is 5.32 Å². The van der Waals surface area contributed by atoms with Crippen molar-refractivity contribution < 1.29 is 14.4 Å². The first-order valence-electron chi connectivity index (χ1n) is 14.0. The number of hydrogen-bond acceptors (Lipinski definition) is 4. The fourth-order valence-corrected chi connectivity index (χ4v) is 9.52. The summed E-state index contributed by atoms with van der Waals surface area (Å²) in [6, 6.07) is 2.17. The summed E-state index contributed by atoms with van der Waals surface area (Å²) in [6.45, 7) is 15.1. The summed E-state index contributed by atoms with van der Waals surface area (Å²) in [4.78, 5) is 41.0. The molecular weight excluding hydrogens is 460 g/mol. The van der Waals surface area contributed by atoms with Crippen molar-refractivity contribution in [1.29, 1.82) is 5.26 Å². The zero-order chi connectivity index (χ0) is 27.4. The normalized spacial score (nSPS) is 41.8. The fourth-order valence-electron chi connectivity index (χ4n) is 9.52. The molecule has 5 heteroatoms. The van der Waals surface area contributed by atoms with E-state index in [1.165, 1.54) is 0 Å². The number of rotatable bonds is 1. The van der Waals surface area contributed by atoms with Gasteiger partial charge in [0.15, 0.2) is 11.6 Å². The maximum absolute atomic E-state index is 14.3. The minimum Gasteiger partial charge on any atom is -0.358 e. The van der Waals surface area contributed by atoms with Crippen molar-refractivity contribution in [3.63, 3.8) is 0 Å². The number of hydrogen-bond donors (Lipinski definition) is 1. The lowest BCUT2D eigenvalue weighted by molar-refractivity contribution is -0.134. The molecule has 2 saturated carbocycles. The summed E-state index contributed by atoms with van der Waals surface area (Å²) < 4.78 is 0. The number of allylic oxidation sites excluding steroid dienone is 5. The number of amides is 1. The van der Waals surface area contributed by atoms with E-state index < -0.39 is 21.7 Å². The Kier molecular flexibility index (Phi) is 5.33. The van der Waals surface area contributed by atoms with Crippen molar-refractivity contribution in [3.05, 3.63) is 34.4 Å². The lowest BCUT2D eigenvalue weighted by Crippen LogP contribution is -2.60. The number of Topliss-reactive ketones (excluding diaryl/α,β-unsaturated/α-hetero) is 1. The van der Waals surface area contributed by atoms with Crippen LogP contribution in [0.1, 0.15) is 93.4 Å². The summed E-state index contributed by atoms with van der Waals surface area (Å²) in [6.07, 6.45) is 9.49. The van der Waals surface area contributed by atoms with Gasteiger partial charge in [0.1, 0.15) is 6.07 Å². The van der Waals surface area contributed by atoms with Gasteiger partial charge in [-0.15, -0.1) is 0 Å². The van der Waals surface area contributed by atoms with Crippen LogP contribution in [0.2, 0.25) is 0 Å². The Morgan fingerprint density at radius 2 is 1.62 bits per heavy atom. The van der Waals surface area contributed by atoms with Crippen LogP contribution in [-0.4, -0.2) is 24.5 Å². The standard InChI is InChI=1S/C32H42N2O3/c1-27(2)11-13-32(26(37)34-8)14-12-31(7)24(20(32)17-27)21(35)15-23-29(5)16-19(18-33)25(36)28(3,4)22(29)9-10-30(23,31)6/h15-16,22H,9-14,17H2,1-8H3,(H,34,37)/t22-,29-,30+,31+,32-/m0/s1. The van der Waals surface area contributed by atoms with Crippen LogP contribution < -0.4 is 5.32 Å². The summed E-state index contributed by atoms with van der Waals surface area (Å²) >= 11 is 0. The second-order valence-corrected chi connectivity index (χ2v) is 14.5. The highest BCUT2D eigenvalue weighted by Crippen LogP contribution is 2.73. The maximum atomic E-state index is 14.3. The molecule has 0 aromatic rings. The van der Waals surface area contributed by atoms with E-state index in [0.717, 1.165) is 61.7 Å². The highest BCUT2D eigenvalue weighted by molar-refractivity contribution is 6.10. The zero-order valence-electron chi connectivity index (χ0n) is 23.9. The van der Waals surface area contributed by atoms with E-state index in [1.54, 1.807) is 7.05 Å². The molecule has 198 valence electrons. The lowest BCUT2D eigenvalue weighted by Gasteiger charge is -2.65. The highest BCUT2D eigenvalue weighted by atomic mass is 16.2. The molecule has 0 spiro atoms. The third-order valence-electron chi connectivity index (χ3n) is 11.9. The molecule has 5 nitrogen and oxygen atoms in total. The Morgan fingerprint density at radius 3 is 2.24 bits per heavy atom. The Morgan fingerprint density at radius 1 is 0.973 bits per heavy atom. The van der Waals surface area contributed by atoms with Gasteiger partial charge in [0.25, 0.3) is 0 Å². The Hall–Kier alpha value is -2.48. The zero-order valence-corrected chi connectivity index (χ0v) is 23.9. The average Bonchev–Trinajstić information content (AvgIpc) is 2.82. The summed E-state index contributed by atoms with van der Waals surface area (Å²) in [7, 11) is 1.71. The van der Waals surface area contributed by atoms with Crippen LogP contribution in [0.15, 0.2) is 34.4 Å². The van der Waals surface area contributed by atoms with Crippen LogP contribution in [0.25, 0.3) is 0 Å². The number of nitrogens with zero attached hydrogens (tertiary/aromatic N) is 1. The van der Waals surface area contributed by atoms with Gasteiger partial charge in [-0.25, -0.2) is 0 Å². The minimum absolute atomic E-state index is 0.0247. The van der Waals surface area contributed by atoms with Crippen LogP contribution in [0.4, 0.5) is 0 Å². The van der Waals surface area contributed by atoms with Gasteiger partial charge in [0.05, 0.1) is 11.0 Å². The number of carbonyl (C=O) groups excluding carboxylic acids is 3. The molecular formula is C32H42N2O3. The van der Waals surface area contributed by atoms with Gasteiger partial charge in [-0.1, -0.05) is 54.5 Å². The van der Waals surface area contributed by atoms with E-state index in [-0.39, 0.29) is 39.8 Å². The van der Waals surface area contributed by atoms with Gasteiger partial charge in [-0.2, -0.15) is 5.26 Å². The van der Waals surface area contributed by atoms with E-state index in [0.29, 0.717) is 0 Å². The molecule has 1 N–H and O–H groups in total. The topological polar surface area (TPSA) is 87.0 Å². The lowest BCUT2D eigenvalue weighted by atomic mass is 9.37. The molecule has 0 aromatic heterocycles. The van der Waals surface area contributed by atoms with Crippen molar-refractivity contribution in [3.8, 4) is 6.07 Å². The number of nitrogens with one attached hydrogen (secondary N) is 1. The number of nitriles is 1. The number of carbonyl (C=O) groups is 3. The predicted molar refractivity (Wildman–Crippen MR) is 143 cm³/mol. The summed E-state index contributed by atoms with van der Waals surface area (Å²) in [5.41, 5.74) is 0.718. The van der Waals surface area contributed by atoms with Crippen molar-refractivity contribution in [2.75, 3.05) is 7.05 Å². The summed E-state index contributed by atoms with van der Waals surface area (Å²) in [5.74, 6) is 0.0104. The second kappa shape index (κ2) is 7.55. The van der Waals surface area contributed by atoms with Crippen molar-refractivity contribution in [2.45, 2.75) is 93.4 Å². The molecule has 0 bridgehead atoms. The number of ketones is 2. The second-order valence-electron chi connectivity index (χ2n) is 14.5. The Balaban J connectivity index is 1.79. The first-order chi connectivity index (χ1) is 17.0. The first kappa shape index (κ1) is 26.1. The highest BCUT2D eigenvalue weighted by Gasteiger charge is 2.67. The van der Waals surface area contributed by atoms with Gasteiger partial charge in [0.2, 0.25) is 5.91 Å². The van der Waals surface area contributed by atoms with Crippen molar-refractivity contribution in [2.24, 2.45) is 38.4 Å². The number of fused-ring (bicyclic) bond motifs is 6. The van der Waals surface area contributed by atoms with Crippen LogP contribution in [-0.2, 0) is 14.4 Å². The fraction of sp³-hybridized carbons (Fsp3) is 0.688. The van der Waals surface area contributed by atoms with E-state index >= 15 is 0 Å². The van der Waals surface area contributed by atoms with Gasteiger partial charge >= 0.3 is 0 Å². The third-order valence-corrected chi connectivity index (χ3v) is 11.9. The molecule has 37 heavy (non-hydrogen) atoms. The first-order valence-corrected chi connectivity index (χ1v) is 14.0. The van der Waals surface area contributed by atoms with Gasteiger partial charge in [0, 0.05) is 28.9 Å². The molecule has 1 amide bonds. The average molecular weight is 503 g/mol. The minimum atomic E-state index is -0.673. The van der Waals surface area contributed by atoms with Crippen LogP contribution in [0, 0.1) is 49.7 Å². The van der Waals surface area contributed by atoms with Gasteiger partial charge in [-0.05, 0) is 78.9 Å². The van der Waals surface area contributed by atoms with E-state index in [9.17, 15) is 19.6 Å². The molecule has 5 aliphatic rings. The monoisotopic (exact) mass is 502 g/mol. The van der Waals surface area contributed by atoms with Crippen LogP contribution in [0.5, 0.6) is 0 Å². The van der Waals surface area contributed by atoms with E-state index in [1.807, 2.05) is 26.0 Å². The smallest absolute Gasteiger partial charge is 0.230 e. The molecule has 5 aliphatic carbocycles. The van der Waals surface area contributed by atoms with Crippen molar-refractivity contribution >= 4 is 17.5 Å². The largest absolute Gasteiger partial charge is 0.358 e. The van der Waals surface area contributed by atoms with E-state index in [4.69, 9.17) is 0 Å². The third kappa shape index (κ3) is 3.05. The van der Waals surface area contributed by atoms with E-state index in [2.05, 4.69) is 46.0 Å². The maximum Gasteiger partial charge on any atom is 0.230 e. The molecule has 0 radical (unpaired) electrons. The molecule has 0 aromatic carbocycles. The summed E-state index contributed by atoms with van der Waals surface area (Å²) in [5, 5.41) is 12.8. The molecule has 0 unspecified atom stereocenters. The van der Waals surface area contributed by atoms with Crippen molar-refractivity contribution in [1.82, 2.24) is 5.32 Å². The van der Waals surface area contributed by atoms with Crippen LogP contribution in [0.3, 0.4) is 0 Å². The Bertz CT molecular complexity index is 1270. The molecule has 5 atom stereocenters. The van der Waals surface area contributed by atoms with Crippen LogP contribution >= 0.6 is 0 Å². The van der Waals surface area contributed by atoms with Gasteiger partial charge in [-0.3, -0.25) is 14.4 Å². The molecule has 2 fully saturated rings. The molecule has 0 saturated heterocycles. The molecule has 0 heterocycles. The Labute approximate surface area is 221 Å². The quantitative estimate of drug-likeness (QED) is 0.475. The SMILES string of the molecule is CNC(=O)[C@]12CCC(C)(C)CC1=C1C(=O)C=C3[C@@]4(C)C=C(C#N)C(=O)C(C)(C)[C@@H]4CC[C@@]3(C)[C@]1(C)CC2. The molecule has 5 rings (SSSR count). The predicted octanol–water partition coefficient (Wildman–Crippen LogP) is 6.02.